The molecule has 0 saturated carbocycles. The Morgan fingerprint density at radius 1 is 1.48 bits per heavy atom. The fourth-order valence-corrected chi connectivity index (χ4v) is 1.96. The molecule has 0 saturated heterocycles. The van der Waals surface area contributed by atoms with Crippen molar-refractivity contribution in [1.29, 1.82) is 0 Å². The van der Waals surface area contributed by atoms with Gasteiger partial charge in [-0.05, 0) is 36.6 Å². The molecule has 0 fully saturated rings. The molecule has 2 unspecified atom stereocenters. The molecule has 0 aliphatic carbocycles. The molecule has 112 valence electrons. The van der Waals surface area contributed by atoms with Crippen LogP contribution in [-0.4, -0.2) is 22.1 Å². The van der Waals surface area contributed by atoms with Crippen LogP contribution in [0, 0.1) is 12.8 Å². The van der Waals surface area contributed by atoms with E-state index >= 15 is 0 Å². The second-order valence-corrected chi connectivity index (χ2v) is 5.17. The molecule has 0 spiro atoms. The van der Waals surface area contributed by atoms with E-state index in [1.165, 1.54) is 6.39 Å². The summed E-state index contributed by atoms with van der Waals surface area (Å²) in [6.07, 6.45) is 2.15. The fraction of sp³-hybridized carbons (Fsp3) is 0.400. The van der Waals surface area contributed by atoms with Gasteiger partial charge in [-0.3, -0.25) is 4.79 Å². The van der Waals surface area contributed by atoms with Crippen LogP contribution in [0.25, 0.3) is 11.5 Å². The van der Waals surface area contributed by atoms with E-state index in [0.29, 0.717) is 5.89 Å². The highest BCUT2D eigenvalue weighted by Gasteiger charge is 2.20. The number of carbonyl (C=O) groups excluding carboxylic acids is 1. The highest BCUT2D eigenvalue weighted by Crippen LogP contribution is 2.23. The number of anilines is 1. The summed E-state index contributed by atoms with van der Waals surface area (Å²) < 4.78 is 5.15. The molecule has 3 N–H and O–H groups in total. The maximum Gasteiger partial charge on any atom is 0.247 e. The molecule has 2 aromatic rings. The number of aryl methyl sites for hydroxylation is 1. The van der Waals surface area contributed by atoms with Gasteiger partial charge in [-0.25, -0.2) is 0 Å². The minimum absolute atomic E-state index is 0.142. The van der Waals surface area contributed by atoms with Gasteiger partial charge in [0, 0.05) is 11.3 Å². The Kier molecular flexibility index (Phi) is 4.70. The van der Waals surface area contributed by atoms with Gasteiger partial charge in [0.05, 0.1) is 6.04 Å². The third kappa shape index (κ3) is 3.46. The molecule has 1 aromatic carbocycles. The van der Waals surface area contributed by atoms with Gasteiger partial charge in [0.1, 0.15) is 0 Å². The van der Waals surface area contributed by atoms with Crippen molar-refractivity contribution in [3.05, 3.63) is 30.2 Å². The summed E-state index contributed by atoms with van der Waals surface area (Å²) >= 11 is 0. The fourth-order valence-electron chi connectivity index (χ4n) is 1.96. The quantitative estimate of drug-likeness (QED) is 0.880. The third-order valence-electron chi connectivity index (χ3n) is 3.65. The molecule has 6 nitrogen and oxygen atoms in total. The number of rotatable bonds is 5. The molecule has 6 heteroatoms. The predicted octanol–water partition coefficient (Wildman–Crippen LogP) is 2.36. The number of carbonyl (C=O) groups is 1. The number of amides is 1. The van der Waals surface area contributed by atoms with Crippen molar-refractivity contribution in [1.82, 2.24) is 10.2 Å². The lowest BCUT2D eigenvalue weighted by molar-refractivity contribution is -0.118. The first-order chi connectivity index (χ1) is 10.0. The minimum Gasteiger partial charge on any atom is -0.423 e. The van der Waals surface area contributed by atoms with Crippen molar-refractivity contribution in [2.45, 2.75) is 33.2 Å². The molecule has 0 aliphatic heterocycles. The molecule has 0 aliphatic rings. The van der Waals surface area contributed by atoms with Crippen molar-refractivity contribution in [3.63, 3.8) is 0 Å². The van der Waals surface area contributed by atoms with Gasteiger partial charge in [-0.1, -0.05) is 20.3 Å². The van der Waals surface area contributed by atoms with Crippen LogP contribution >= 0.6 is 0 Å². The van der Waals surface area contributed by atoms with Crippen LogP contribution in [0.2, 0.25) is 0 Å². The maximum absolute atomic E-state index is 12.1. The zero-order chi connectivity index (χ0) is 15.4. The van der Waals surface area contributed by atoms with Crippen LogP contribution in [0.3, 0.4) is 0 Å². The first kappa shape index (κ1) is 15.2. The van der Waals surface area contributed by atoms with Crippen LogP contribution < -0.4 is 11.1 Å². The molecular weight excluding hydrogens is 268 g/mol. The van der Waals surface area contributed by atoms with Gasteiger partial charge in [0.2, 0.25) is 18.2 Å². The summed E-state index contributed by atoms with van der Waals surface area (Å²) in [5.41, 5.74) is 8.40. The lowest BCUT2D eigenvalue weighted by Crippen LogP contribution is -2.40. The average molecular weight is 288 g/mol. The number of aromatic nitrogens is 2. The average Bonchev–Trinajstić information content (AvgIpc) is 3.01. The standard InChI is InChI=1S/C15H20N4O2/c1-4-9(2)13(16)14(20)18-12-6-5-11(7-10(12)3)15-19-17-8-21-15/h5-9,13H,4,16H2,1-3H3,(H,18,20). The zero-order valence-electron chi connectivity index (χ0n) is 12.5. The number of nitrogens with zero attached hydrogens (tertiary/aromatic N) is 2. The Labute approximate surface area is 123 Å². The molecule has 1 amide bonds. The highest BCUT2D eigenvalue weighted by molar-refractivity contribution is 5.95. The van der Waals surface area contributed by atoms with E-state index in [1.807, 2.05) is 39.0 Å². The Morgan fingerprint density at radius 2 is 2.24 bits per heavy atom. The molecule has 1 heterocycles. The minimum atomic E-state index is -0.509. The summed E-state index contributed by atoms with van der Waals surface area (Å²) in [4.78, 5) is 12.1. The van der Waals surface area contributed by atoms with Crippen molar-refractivity contribution in [3.8, 4) is 11.5 Å². The molecular formula is C15H20N4O2. The van der Waals surface area contributed by atoms with Crippen molar-refractivity contribution < 1.29 is 9.21 Å². The van der Waals surface area contributed by atoms with E-state index < -0.39 is 6.04 Å². The Bertz CT molecular complexity index is 610. The Balaban J connectivity index is 2.13. The number of hydrogen-bond acceptors (Lipinski definition) is 5. The van der Waals surface area contributed by atoms with Gasteiger partial charge >= 0.3 is 0 Å². The second kappa shape index (κ2) is 6.49. The van der Waals surface area contributed by atoms with Crippen molar-refractivity contribution in [2.75, 3.05) is 5.32 Å². The van der Waals surface area contributed by atoms with Gasteiger partial charge in [0.25, 0.3) is 0 Å². The molecule has 2 rings (SSSR count). The van der Waals surface area contributed by atoms with E-state index in [9.17, 15) is 4.79 Å². The lowest BCUT2D eigenvalue weighted by atomic mass is 9.99. The van der Waals surface area contributed by atoms with E-state index in [2.05, 4.69) is 15.5 Å². The molecule has 0 bridgehead atoms. The van der Waals surface area contributed by atoms with Gasteiger partial charge in [0.15, 0.2) is 0 Å². The second-order valence-electron chi connectivity index (χ2n) is 5.17. The monoisotopic (exact) mass is 288 g/mol. The topological polar surface area (TPSA) is 94.0 Å². The van der Waals surface area contributed by atoms with Gasteiger partial charge in [-0.15, -0.1) is 10.2 Å². The van der Waals surface area contributed by atoms with Crippen LogP contribution in [-0.2, 0) is 4.79 Å². The SMILES string of the molecule is CCC(C)C(N)C(=O)Nc1ccc(-c2nnco2)cc1C. The van der Waals surface area contributed by atoms with Gasteiger partial charge < -0.3 is 15.5 Å². The molecule has 2 atom stereocenters. The maximum atomic E-state index is 12.1. The third-order valence-corrected chi connectivity index (χ3v) is 3.65. The van der Waals surface area contributed by atoms with E-state index in [4.69, 9.17) is 10.2 Å². The molecule has 21 heavy (non-hydrogen) atoms. The van der Waals surface area contributed by atoms with Crippen LogP contribution in [0.5, 0.6) is 0 Å². The summed E-state index contributed by atoms with van der Waals surface area (Å²) in [5.74, 6) is 0.424. The van der Waals surface area contributed by atoms with Crippen LogP contribution in [0.15, 0.2) is 29.0 Å². The number of nitrogens with one attached hydrogen (secondary N) is 1. The highest BCUT2D eigenvalue weighted by atomic mass is 16.4. The van der Waals surface area contributed by atoms with Crippen molar-refractivity contribution in [2.24, 2.45) is 11.7 Å². The lowest BCUT2D eigenvalue weighted by Gasteiger charge is -2.18. The summed E-state index contributed by atoms with van der Waals surface area (Å²) in [7, 11) is 0. The first-order valence-corrected chi connectivity index (χ1v) is 6.96. The van der Waals surface area contributed by atoms with Crippen LogP contribution in [0.1, 0.15) is 25.8 Å². The Hall–Kier alpha value is -2.21. The van der Waals surface area contributed by atoms with E-state index in [-0.39, 0.29) is 11.8 Å². The summed E-state index contributed by atoms with van der Waals surface area (Å²) in [5, 5.41) is 10.4. The van der Waals surface area contributed by atoms with Crippen molar-refractivity contribution >= 4 is 11.6 Å². The summed E-state index contributed by atoms with van der Waals surface area (Å²) in [6.45, 7) is 5.89. The molecule has 1 aromatic heterocycles. The predicted molar refractivity (Wildman–Crippen MR) is 80.5 cm³/mol. The van der Waals surface area contributed by atoms with Gasteiger partial charge in [-0.2, -0.15) is 0 Å². The summed E-state index contributed by atoms with van der Waals surface area (Å²) in [6, 6.07) is 5.02. The van der Waals surface area contributed by atoms with E-state index in [1.54, 1.807) is 0 Å². The smallest absolute Gasteiger partial charge is 0.247 e. The number of hydrogen-bond donors (Lipinski definition) is 2. The largest absolute Gasteiger partial charge is 0.423 e. The molecule has 0 radical (unpaired) electrons. The van der Waals surface area contributed by atoms with Crippen LogP contribution in [0.4, 0.5) is 5.69 Å². The van der Waals surface area contributed by atoms with E-state index in [0.717, 1.165) is 23.2 Å². The number of benzene rings is 1. The first-order valence-electron chi connectivity index (χ1n) is 6.96. The number of nitrogens with two attached hydrogens (primary N) is 1. The Morgan fingerprint density at radius 3 is 2.81 bits per heavy atom. The zero-order valence-corrected chi connectivity index (χ0v) is 12.5. The normalized spacial score (nSPS) is 13.7.